The van der Waals surface area contributed by atoms with E-state index in [0.29, 0.717) is 18.0 Å². The average Bonchev–Trinajstić information content (AvgIpc) is 2.76. The zero-order chi connectivity index (χ0) is 11.4. The van der Waals surface area contributed by atoms with Gasteiger partial charge in [-0.1, -0.05) is 35.5 Å². The first kappa shape index (κ1) is 13.5. The van der Waals surface area contributed by atoms with Gasteiger partial charge in [-0.2, -0.15) is 0 Å². The number of benzene rings is 1. The normalized spacial score (nSPS) is 9.41. The van der Waals surface area contributed by atoms with Gasteiger partial charge in [-0.05, 0) is 0 Å². The fourth-order valence-electron chi connectivity index (χ4n) is 1.30. The van der Waals surface area contributed by atoms with Gasteiger partial charge >= 0.3 is 0 Å². The van der Waals surface area contributed by atoms with Gasteiger partial charge in [0.2, 0.25) is 0 Å². The van der Waals surface area contributed by atoms with Crippen LogP contribution in [0.5, 0.6) is 0 Å². The second-order valence-corrected chi connectivity index (χ2v) is 3.29. The monoisotopic (exact) mass is 344 g/mol. The summed E-state index contributed by atoms with van der Waals surface area (Å²) in [6, 6.07) is 11.5. The number of hydrogen-bond acceptors (Lipinski definition) is 3. The molecular formula is C11H13IN4O. The maximum Gasteiger partial charge on any atom is 0.186 e. The lowest BCUT2D eigenvalue weighted by molar-refractivity contribution is 0.424. The Kier molecular flexibility index (Phi) is 4.95. The molecule has 2 rings (SSSR count). The zero-order valence-electron chi connectivity index (χ0n) is 9.04. The van der Waals surface area contributed by atoms with Gasteiger partial charge in [0.05, 0.1) is 6.54 Å². The largest absolute Gasteiger partial charge is 0.370 e. The van der Waals surface area contributed by atoms with Crippen molar-refractivity contribution in [1.29, 1.82) is 0 Å². The summed E-state index contributed by atoms with van der Waals surface area (Å²) in [6.45, 7) is 0.332. The molecule has 0 aliphatic carbocycles. The molecule has 0 saturated heterocycles. The van der Waals surface area contributed by atoms with E-state index in [2.05, 4.69) is 10.1 Å². The first-order chi connectivity index (χ1) is 7.75. The van der Waals surface area contributed by atoms with Gasteiger partial charge in [0.25, 0.3) is 0 Å². The second kappa shape index (κ2) is 6.24. The lowest BCUT2D eigenvalue weighted by Gasteiger charge is -1.91. The van der Waals surface area contributed by atoms with Crippen molar-refractivity contribution in [3.63, 3.8) is 0 Å². The molecule has 6 heteroatoms. The van der Waals surface area contributed by atoms with Crippen LogP contribution in [0.15, 0.2) is 45.9 Å². The van der Waals surface area contributed by atoms with E-state index in [0.717, 1.165) is 5.56 Å². The molecule has 0 radical (unpaired) electrons. The number of rotatable bonds is 3. The number of halogens is 1. The van der Waals surface area contributed by atoms with E-state index >= 15 is 0 Å². The predicted octanol–water partition coefficient (Wildman–Crippen LogP) is 1.73. The number of nitrogens with zero attached hydrogens (tertiary/aromatic N) is 2. The molecule has 90 valence electrons. The fraction of sp³-hybridized carbons (Fsp3) is 0.0909. The summed E-state index contributed by atoms with van der Waals surface area (Å²) in [4.78, 5) is 3.85. The summed E-state index contributed by atoms with van der Waals surface area (Å²) >= 11 is 0. The van der Waals surface area contributed by atoms with Gasteiger partial charge in [0.15, 0.2) is 11.7 Å². The van der Waals surface area contributed by atoms with Crippen molar-refractivity contribution >= 4 is 29.9 Å². The van der Waals surface area contributed by atoms with Crippen molar-refractivity contribution in [2.75, 3.05) is 0 Å². The standard InChI is InChI=1S/C11H12N4O.HI/c12-11(13)14-7-9-6-10(16-15-9)8-4-2-1-3-5-8;/h1-6H,7H2,(H4,12,13,14);1H. The summed E-state index contributed by atoms with van der Waals surface area (Å²) in [5, 5.41) is 3.87. The quantitative estimate of drug-likeness (QED) is 0.504. The van der Waals surface area contributed by atoms with Crippen LogP contribution < -0.4 is 11.5 Å². The van der Waals surface area contributed by atoms with Crippen molar-refractivity contribution in [1.82, 2.24) is 5.16 Å². The van der Waals surface area contributed by atoms with Crippen LogP contribution in [0.25, 0.3) is 11.3 Å². The van der Waals surface area contributed by atoms with Crippen LogP contribution in [-0.2, 0) is 6.54 Å². The molecule has 0 aliphatic rings. The molecule has 1 aromatic heterocycles. The first-order valence-electron chi connectivity index (χ1n) is 4.82. The Balaban J connectivity index is 0.00000144. The van der Waals surface area contributed by atoms with E-state index in [1.54, 1.807) is 0 Å². The predicted molar refractivity (Wildman–Crippen MR) is 76.9 cm³/mol. The third-order valence-electron chi connectivity index (χ3n) is 2.04. The minimum atomic E-state index is 0. The van der Waals surface area contributed by atoms with E-state index in [1.807, 2.05) is 36.4 Å². The summed E-state index contributed by atoms with van der Waals surface area (Å²) in [5.74, 6) is 0.755. The summed E-state index contributed by atoms with van der Waals surface area (Å²) in [5.41, 5.74) is 12.1. The molecular weight excluding hydrogens is 331 g/mol. The van der Waals surface area contributed by atoms with Gasteiger partial charge in [0, 0.05) is 11.6 Å². The molecule has 0 unspecified atom stereocenters. The Hall–Kier alpha value is -1.57. The number of aromatic nitrogens is 1. The van der Waals surface area contributed by atoms with Crippen molar-refractivity contribution in [2.24, 2.45) is 16.5 Å². The second-order valence-electron chi connectivity index (χ2n) is 3.29. The minimum absolute atomic E-state index is 0. The van der Waals surface area contributed by atoms with Crippen molar-refractivity contribution in [2.45, 2.75) is 6.54 Å². The first-order valence-corrected chi connectivity index (χ1v) is 4.82. The maximum atomic E-state index is 5.23. The fourth-order valence-corrected chi connectivity index (χ4v) is 1.30. The molecule has 1 aromatic carbocycles. The van der Waals surface area contributed by atoms with E-state index in [4.69, 9.17) is 16.0 Å². The van der Waals surface area contributed by atoms with Crippen LogP contribution in [0.2, 0.25) is 0 Å². The molecule has 0 amide bonds. The molecule has 0 aliphatic heterocycles. The Morgan fingerprint density at radius 1 is 1.24 bits per heavy atom. The Morgan fingerprint density at radius 2 is 1.94 bits per heavy atom. The molecule has 0 fully saturated rings. The Bertz CT molecular complexity index is 491. The van der Waals surface area contributed by atoms with Gasteiger partial charge < -0.3 is 16.0 Å². The number of guanidine groups is 1. The molecule has 4 N–H and O–H groups in total. The third-order valence-corrected chi connectivity index (χ3v) is 2.04. The molecule has 0 bridgehead atoms. The minimum Gasteiger partial charge on any atom is -0.370 e. The lowest BCUT2D eigenvalue weighted by atomic mass is 10.2. The van der Waals surface area contributed by atoms with Crippen molar-refractivity contribution in [3.05, 3.63) is 42.1 Å². The Morgan fingerprint density at radius 3 is 2.59 bits per heavy atom. The van der Waals surface area contributed by atoms with Crippen LogP contribution in [0.3, 0.4) is 0 Å². The maximum absolute atomic E-state index is 5.23. The highest BCUT2D eigenvalue weighted by Gasteiger charge is 2.05. The summed E-state index contributed by atoms with van der Waals surface area (Å²) in [6.07, 6.45) is 0. The van der Waals surface area contributed by atoms with Crippen LogP contribution in [0, 0.1) is 0 Å². The van der Waals surface area contributed by atoms with Crippen LogP contribution in [0.4, 0.5) is 0 Å². The van der Waals surface area contributed by atoms with Crippen LogP contribution in [0.1, 0.15) is 5.69 Å². The lowest BCUT2D eigenvalue weighted by Crippen LogP contribution is -2.22. The molecule has 5 nitrogen and oxygen atoms in total. The molecule has 0 atom stereocenters. The number of nitrogens with two attached hydrogens (primary N) is 2. The highest BCUT2D eigenvalue weighted by Crippen LogP contribution is 2.19. The highest BCUT2D eigenvalue weighted by molar-refractivity contribution is 14.0. The molecule has 17 heavy (non-hydrogen) atoms. The van der Waals surface area contributed by atoms with Gasteiger partial charge in [-0.25, -0.2) is 4.99 Å². The number of hydrogen-bond donors (Lipinski definition) is 2. The summed E-state index contributed by atoms with van der Waals surface area (Å²) in [7, 11) is 0. The average molecular weight is 344 g/mol. The van der Waals surface area contributed by atoms with Crippen LogP contribution in [-0.4, -0.2) is 11.1 Å². The van der Waals surface area contributed by atoms with Crippen LogP contribution >= 0.6 is 24.0 Å². The molecule has 0 spiro atoms. The van der Waals surface area contributed by atoms with E-state index < -0.39 is 0 Å². The Labute approximate surface area is 116 Å². The van der Waals surface area contributed by atoms with Gasteiger partial charge in [-0.15, -0.1) is 24.0 Å². The third kappa shape index (κ3) is 3.74. The van der Waals surface area contributed by atoms with E-state index in [9.17, 15) is 0 Å². The van der Waals surface area contributed by atoms with E-state index in [1.165, 1.54) is 0 Å². The number of aliphatic imine (C=N–C) groups is 1. The topological polar surface area (TPSA) is 90.4 Å². The molecule has 0 saturated carbocycles. The van der Waals surface area contributed by atoms with E-state index in [-0.39, 0.29) is 29.9 Å². The molecule has 2 aromatic rings. The van der Waals surface area contributed by atoms with Crippen molar-refractivity contribution < 1.29 is 4.52 Å². The molecule has 1 heterocycles. The zero-order valence-corrected chi connectivity index (χ0v) is 11.4. The van der Waals surface area contributed by atoms with Gasteiger partial charge in [0.1, 0.15) is 5.69 Å². The SMILES string of the molecule is I.NC(N)=NCc1cc(-c2ccccc2)on1. The van der Waals surface area contributed by atoms with Crippen molar-refractivity contribution in [3.8, 4) is 11.3 Å². The van der Waals surface area contributed by atoms with Gasteiger partial charge in [-0.3, -0.25) is 0 Å². The highest BCUT2D eigenvalue weighted by atomic mass is 127. The summed E-state index contributed by atoms with van der Waals surface area (Å²) < 4.78 is 5.18. The smallest absolute Gasteiger partial charge is 0.186 e.